The second-order valence-corrected chi connectivity index (χ2v) is 7.48. The van der Waals surface area contributed by atoms with Crippen molar-refractivity contribution < 1.29 is 19.4 Å². The first-order valence-electron chi connectivity index (χ1n) is 7.54. The summed E-state index contributed by atoms with van der Waals surface area (Å²) in [4.78, 5) is 11.9. The Morgan fingerprint density at radius 1 is 1.11 bits per heavy atom. The van der Waals surface area contributed by atoms with E-state index >= 15 is 0 Å². The third-order valence-corrected chi connectivity index (χ3v) is 5.82. The fourth-order valence-electron chi connectivity index (χ4n) is 4.62. The van der Waals surface area contributed by atoms with Crippen molar-refractivity contribution in [2.24, 2.45) is 10.8 Å². The van der Waals surface area contributed by atoms with Gasteiger partial charge in [-0.05, 0) is 50.4 Å². The Labute approximate surface area is 113 Å². The van der Waals surface area contributed by atoms with Crippen molar-refractivity contribution in [2.45, 2.75) is 76.3 Å². The van der Waals surface area contributed by atoms with E-state index in [0.29, 0.717) is 18.3 Å². The molecule has 6 unspecified atom stereocenters. The molecule has 2 heterocycles. The smallest absolute Gasteiger partial charge is 0.309 e. The van der Waals surface area contributed by atoms with Crippen molar-refractivity contribution in [3.05, 3.63) is 0 Å². The maximum Gasteiger partial charge on any atom is 0.309 e. The summed E-state index contributed by atoms with van der Waals surface area (Å²) in [6.45, 7) is 2.26. The van der Waals surface area contributed by atoms with Gasteiger partial charge in [-0.1, -0.05) is 6.92 Å². The zero-order valence-corrected chi connectivity index (χ0v) is 11.4. The molecule has 0 aromatic carbocycles. The van der Waals surface area contributed by atoms with Crippen LogP contribution in [0.4, 0.5) is 0 Å². The van der Waals surface area contributed by atoms with Crippen LogP contribution in [0, 0.1) is 10.8 Å². The molecule has 2 aliphatic heterocycles. The van der Waals surface area contributed by atoms with Crippen LogP contribution in [-0.2, 0) is 14.3 Å². The van der Waals surface area contributed by atoms with E-state index in [0.717, 1.165) is 44.9 Å². The molecule has 4 aliphatic rings. The summed E-state index contributed by atoms with van der Waals surface area (Å²) in [5, 5.41) is 9.76. The topological polar surface area (TPSA) is 62.4 Å². The van der Waals surface area contributed by atoms with Gasteiger partial charge < -0.3 is 14.6 Å². The van der Waals surface area contributed by atoms with E-state index in [1.807, 2.05) is 0 Å². The van der Waals surface area contributed by atoms with Gasteiger partial charge >= 0.3 is 5.97 Å². The van der Waals surface area contributed by atoms with Crippen molar-refractivity contribution in [1.29, 1.82) is 0 Å². The number of carbonyl (C=O) groups is 1. The lowest BCUT2D eigenvalue weighted by molar-refractivity contribution is -0.153. The van der Waals surface area contributed by atoms with Gasteiger partial charge in [-0.25, -0.2) is 0 Å². The molecule has 6 atom stereocenters. The molecule has 0 radical (unpaired) electrons. The molecular weight excluding hydrogens is 244 g/mol. The Balaban J connectivity index is 1.52. The minimum atomic E-state index is -0.610. The number of carboxylic acid groups (broad SMARTS) is 1. The molecule has 2 saturated heterocycles. The molecule has 0 spiro atoms. The molecule has 4 fully saturated rings. The summed E-state index contributed by atoms with van der Waals surface area (Å²) in [5.74, 6) is -0.610. The van der Waals surface area contributed by atoms with E-state index in [9.17, 15) is 9.90 Å². The highest BCUT2D eigenvalue weighted by Crippen LogP contribution is 2.56. The van der Waals surface area contributed by atoms with E-state index in [1.54, 1.807) is 0 Å². The Morgan fingerprint density at radius 3 is 2.32 bits per heavy atom. The van der Waals surface area contributed by atoms with Crippen LogP contribution in [0.5, 0.6) is 0 Å². The molecule has 0 aromatic heterocycles. The number of hydrogen-bond acceptors (Lipinski definition) is 3. The summed E-state index contributed by atoms with van der Waals surface area (Å²) >= 11 is 0. The maximum absolute atomic E-state index is 11.9. The average molecular weight is 266 g/mol. The molecule has 4 rings (SSSR count). The fourth-order valence-corrected chi connectivity index (χ4v) is 4.62. The van der Waals surface area contributed by atoms with Crippen molar-refractivity contribution >= 4 is 5.97 Å². The second kappa shape index (κ2) is 3.73. The molecular formula is C15H22O4. The third-order valence-electron chi connectivity index (χ3n) is 5.82. The standard InChI is InChI=1S/C15H22O4/c1-14(4-2-9-11(6-14)18-9)8-15(13(16)17)5-3-10-12(7-15)19-10/h9-12H,2-8H2,1H3,(H,16,17). The normalized spacial score (nSPS) is 55.0. The highest BCUT2D eigenvalue weighted by Gasteiger charge is 2.58. The Morgan fingerprint density at radius 2 is 1.74 bits per heavy atom. The Hall–Kier alpha value is -0.610. The lowest BCUT2D eigenvalue weighted by atomic mass is 9.61. The van der Waals surface area contributed by atoms with Gasteiger partial charge in [0.25, 0.3) is 0 Å². The molecule has 0 bridgehead atoms. The van der Waals surface area contributed by atoms with E-state index in [2.05, 4.69) is 6.92 Å². The molecule has 2 aliphatic carbocycles. The highest BCUT2D eigenvalue weighted by molar-refractivity contribution is 5.75. The zero-order chi connectivity index (χ0) is 13.3. The quantitative estimate of drug-likeness (QED) is 0.796. The second-order valence-electron chi connectivity index (χ2n) is 7.48. The first-order valence-corrected chi connectivity index (χ1v) is 7.54. The largest absolute Gasteiger partial charge is 0.481 e. The van der Waals surface area contributed by atoms with E-state index < -0.39 is 11.4 Å². The van der Waals surface area contributed by atoms with Gasteiger partial charge in [0.15, 0.2) is 0 Å². The predicted octanol–water partition coefficient (Wildman–Crippen LogP) is 2.36. The number of aliphatic carboxylic acids is 1. The minimum Gasteiger partial charge on any atom is -0.481 e. The summed E-state index contributed by atoms with van der Waals surface area (Å²) in [6.07, 6.45) is 7.98. The number of fused-ring (bicyclic) bond motifs is 2. The van der Waals surface area contributed by atoms with Gasteiger partial charge in [-0.15, -0.1) is 0 Å². The zero-order valence-electron chi connectivity index (χ0n) is 11.4. The molecule has 19 heavy (non-hydrogen) atoms. The van der Waals surface area contributed by atoms with Crippen LogP contribution < -0.4 is 0 Å². The van der Waals surface area contributed by atoms with Crippen LogP contribution >= 0.6 is 0 Å². The van der Waals surface area contributed by atoms with Gasteiger partial charge in [0.1, 0.15) is 0 Å². The van der Waals surface area contributed by atoms with Gasteiger partial charge in [-0.3, -0.25) is 4.79 Å². The number of rotatable bonds is 3. The minimum absolute atomic E-state index is 0.137. The maximum atomic E-state index is 11.9. The van der Waals surface area contributed by atoms with Gasteiger partial charge in [0.2, 0.25) is 0 Å². The van der Waals surface area contributed by atoms with E-state index in [1.165, 1.54) is 0 Å². The monoisotopic (exact) mass is 266 g/mol. The molecule has 4 heteroatoms. The summed E-state index contributed by atoms with van der Waals surface area (Å²) in [7, 11) is 0. The average Bonchev–Trinajstić information content (AvgIpc) is 3.20. The first-order chi connectivity index (χ1) is 9.00. The molecule has 4 nitrogen and oxygen atoms in total. The van der Waals surface area contributed by atoms with Crippen LogP contribution in [0.3, 0.4) is 0 Å². The molecule has 0 aromatic rings. The predicted molar refractivity (Wildman–Crippen MR) is 67.8 cm³/mol. The lowest BCUT2D eigenvalue weighted by Crippen LogP contribution is -2.42. The number of hydrogen-bond donors (Lipinski definition) is 1. The third kappa shape index (κ3) is 2.00. The van der Waals surface area contributed by atoms with Crippen LogP contribution in [0.25, 0.3) is 0 Å². The van der Waals surface area contributed by atoms with Crippen molar-refractivity contribution in [1.82, 2.24) is 0 Å². The summed E-state index contributed by atoms with van der Waals surface area (Å²) in [5.41, 5.74) is -0.411. The summed E-state index contributed by atoms with van der Waals surface area (Å²) < 4.78 is 11.2. The Kier molecular flexibility index (Phi) is 2.39. The first kappa shape index (κ1) is 12.2. The van der Waals surface area contributed by atoms with E-state index in [-0.39, 0.29) is 11.5 Å². The van der Waals surface area contributed by atoms with E-state index in [4.69, 9.17) is 9.47 Å². The number of ether oxygens (including phenoxy) is 2. The number of carboxylic acids is 1. The molecule has 2 saturated carbocycles. The van der Waals surface area contributed by atoms with Crippen LogP contribution in [0.2, 0.25) is 0 Å². The number of epoxide rings is 2. The summed E-state index contributed by atoms with van der Waals surface area (Å²) in [6, 6.07) is 0. The molecule has 1 N–H and O–H groups in total. The van der Waals surface area contributed by atoms with Crippen LogP contribution in [0.15, 0.2) is 0 Å². The Bertz CT molecular complexity index is 422. The van der Waals surface area contributed by atoms with Crippen LogP contribution in [0.1, 0.15) is 51.9 Å². The lowest BCUT2D eigenvalue weighted by Gasteiger charge is -2.41. The molecule has 0 amide bonds. The van der Waals surface area contributed by atoms with Gasteiger partial charge in [-0.2, -0.15) is 0 Å². The van der Waals surface area contributed by atoms with Crippen molar-refractivity contribution in [3.8, 4) is 0 Å². The fraction of sp³-hybridized carbons (Fsp3) is 0.933. The SMILES string of the molecule is CC1(CC2(C(=O)O)CCC3OC3C2)CCC2OC2C1. The molecule has 106 valence electrons. The van der Waals surface area contributed by atoms with Crippen molar-refractivity contribution in [3.63, 3.8) is 0 Å². The highest BCUT2D eigenvalue weighted by atomic mass is 16.6. The van der Waals surface area contributed by atoms with Crippen LogP contribution in [-0.4, -0.2) is 35.5 Å². The van der Waals surface area contributed by atoms with Crippen molar-refractivity contribution in [2.75, 3.05) is 0 Å². The van der Waals surface area contributed by atoms with Gasteiger partial charge in [0, 0.05) is 0 Å². The van der Waals surface area contributed by atoms with Gasteiger partial charge in [0.05, 0.1) is 29.8 Å².